The number of hydrogen-bond donors (Lipinski definition) is 7. The van der Waals surface area contributed by atoms with Crippen LogP contribution in [0.2, 0.25) is 34.8 Å². The van der Waals surface area contributed by atoms with Gasteiger partial charge < -0.3 is 59.3 Å². The molecule has 1 unspecified atom stereocenters. The molecule has 8 amide bonds. The summed E-state index contributed by atoms with van der Waals surface area (Å²) in [5.41, 5.74) is 1.91. The van der Waals surface area contributed by atoms with Crippen molar-refractivity contribution in [1.82, 2.24) is 41.7 Å². The van der Waals surface area contributed by atoms with Gasteiger partial charge in [0.15, 0.2) is 8.32 Å². The van der Waals surface area contributed by atoms with Gasteiger partial charge in [-0.15, -0.1) is 0 Å². The number of carbonyl (C=O) groups is 9. The Morgan fingerprint density at radius 3 is 1.74 bits per heavy atom. The van der Waals surface area contributed by atoms with Crippen molar-refractivity contribution in [3.63, 3.8) is 0 Å². The van der Waals surface area contributed by atoms with Crippen LogP contribution in [-0.4, -0.2) is 148 Å². The zero-order valence-corrected chi connectivity index (χ0v) is 64.5. The van der Waals surface area contributed by atoms with E-state index in [9.17, 15) is 28.8 Å². The van der Waals surface area contributed by atoms with Gasteiger partial charge in [0.2, 0.25) is 30.1 Å². The van der Waals surface area contributed by atoms with Crippen molar-refractivity contribution in [1.29, 1.82) is 5.41 Å². The standard InChI is InChI=1S/C76H109N9O15Si2/c1-51(2)102(52(3)4,53(5)6)99-59-40-37-55(38-41-59)45-58(39-42-64(87)97-74(7,8)9)80-66(88)61(46-54-29-21-18-22-30-54)82-68(90)65(100-101(16,17)76(13,14)15)60(81-67(89)63-36-28-43-84(63)69(91)62(79-50-86)47-78-71(92)98-75(10,11)12)35-27-44-85(73(94)96-49-57-33-25-20-26-34-57)70(77)83-72(93)95-48-56-31-23-19-24-32-56/h18-26,29-34,37-42,45,50-53,60-63,65H,27-28,35-36,43-44,46-49H2,1-17H3,(H,78,92)(H,79,86)(H,80,88)(H,81,89)(H,82,90)(H2,77,83,93)/b42-39+,58-45-/t60-,61-,62-,63-,65?/m0/s1. The number of amides is 8. The summed E-state index contributed by atoms with van der Waals surface area (Å²) in [6, 6.07) is 28.8. The molecule has 1 heterocycles. The molecule has 0 saturated carbocycles. The summed E-state index contributed by atoms with van der Waals surface area (Å²) in [6.07, 6.45) is 0.107. The fraction of sp³-hybridized carbons (Fsp3) is 0.500. The number of ether oxygens (including phenoxy) is 4. The Kier molecular flexibility index (Phi) is 31.3. The minimum Gasteiger partial charge on any atom is -0.543 e. The molecule has 1 aliphatic heterocycles. The number of nitrogens with zero attached hydrogens (tertiary/aromatic N) is 2. The zero-order chi connectivity index (χ0) is 75.8. The summed E-state index contributed by atoms with van der Waals surface area (Å²) in [5, 5.41) is 24.9. The first kappa shape index (κ1) is 83.5. The van der Waals surface area contributed by atoms with Gasteiger partial charge in [-0.1, -0.05) is 165 Å². The van der Waals surface area contributed by atoms with Crippen molar-refractivity contribution < 1.29 is 71.0 Å². The summed E-state index contributed by atoms with van der Waals surface area (Å²) in [6.45, 7) is 32.0. The van der Waals surface area contributed by atoms with E-state index >= 15 is 14.4 Å². The lowest BCUT2D eigenvalue weighted by atomic mass is 10.0. The van der Waals surface area contributed by atoms with E-state index in [-0.39, 0.29) is 57.7 Å². The highest BCUT2D eigenvalue weighted by molar-refractivity contribution is 6.78. The summed E-state index contributed by atoms with van der Waals surface area (Å²) < 4.78 is 36.3. The molecule has 4 aromatic carbocycles. The average molecular weight is 1440 g/mol. The van der Waals surface area contributed by atoms with Gasteiger partial charge in [-0.25, -0.2) is 24.1 Å². The molecule has 5 atom stereocenters. The van der Waals surface area contributed by atoms with Crippen molar-refractivity contribution in [2.75, 3.05) is 19.6 Å². The second kappa shape index (κ2) is 38.2. The van der Waals surface area contributed by atoms with E-state index in [4.69, 9.17) is 33.2 Å². The minimum absolute atomic E-state index is 0.0642. The molecular weight excluding hydrogens is 1340 g/mol. The topological polar surface area (TPSA) is 312 Å². The number of rotatable bonds is 32. The quantitative estimate of drug-likeness (QED) is 0.00349. The van der Waals surface area contributed by atoms with Crippen LogP contribution in [0.3, 0.4) is 0 Å². The van der Waals surface area contributed by atoms with E-state index in [1.165, 1.54) is 17.1 Å². The number of nitrogens with one attached hydrogen (secondary N) is 7. The summed E-state index contributed by atoms with van der Waals surface area (Å²) in [5.74, 6) is -3.67. The Morgan fingerprint density at radius 2 is 1.21 bits per heavy atom. The number of carbonyl (C=O) groups excluding carboxylic acids is 9. The number of benzene rings is 4. The van der Waals surface area contributed by atoms with E-state index in [1.807, 2.05) is 58.1 Å². The van der Waals surface area contributed by atoms with Gasteiger partial charge in [0.05, 0.1) is 12.6 Å². The van der Waals surface area contributed by atoms with Gasteiger partial charge in [-0.3, -0.25) is 34.7 Å². The van der Waals surface area contributed by atoms with Gasteiger partial charge in [0.1, 0.15) is 54.4 Å². The van der Waals surface area contributed by atoms with Crippen LogP contribution in [-0.2, 0) is 71.8 Å². The van der Waals surface area contributed by atoms with E-state index in [0.29, 0.717) is 57.5 Å². The van der Waals surface area contributed by atoms with Gasteiger partial charge >= 0.3 is 24.2 Å². The highest BCUT2D eigenvalue weighted by atomic mass is 28.4. The molecule has 0 bridgehead atoms. The van der Waals surface area contributed by atoms with E-state index in [1.54, 1.807) is 139 Å². The first-order valence-electron chi connectivity index (χ1n) is 34.9. The molecule has 1 saturated heterocycles. The molecule has 102 heavy (non-hydrogen) atoms. The molecular formula is C76H109N9O15Si2. The molecule has 1 aliphatic rings. The summed E-state index contributed by atoms with van der Waals surface area (Å²) in [7, 11) is -5.51. The van der Waals surface area contributed by atoms with Crippen LogP contribution < -0.4 is 36.3 Å². The molecule has 556 valence electrons. The lowest BCUT2D eigenvalue weighted by Crippen LogP contribution is -2.62. The van der Waals surface area contributed by atoms with Crippen LogP contribution in [0.1, 0.15) is 152 Å². The first-order valence-corrected chi connectivity index (χ1v) is 39.9. The Bertz CT molecular complexity index is 3500. The smallest absolute Gasteiger partial charge is 0.416 e. The number of likely N-dealkylation sites (tertiary alicyclic amines) is 1. The minimum atomic E-state index is -3.16. The van der Waals surface area contributed by atoms with Crippen molar-refractivity contribution in [2.24, 2.45) is 0 Å². The number of allylic oxidation sites excluding steroid dienone is 1. The van der Waals surface area contributed by atoms with Gasteiger partial charge in [-0.05, 0) is 149 Å². The normalized spacial score (nSPS) is 14.9. The first-order chi connectivity index (χ1) is 47.8. The van der Waals surface area contributed by atoms with Crippen molar-refractivity contribution in [2.45, 2.75) is 225 Å². The van der Waals surface area contributed by atoms with Crippen LogP contribution in [0, 0.1) is 5.41 Å². The van der Waals surface area contributed by atoms with Crippen molar-refractivity contribution in [3.8, 4) is 5.75 Å². The zero-order valence-electron chi connectivity index (χ0n) is 62.5. The number of alkyl carbamates (subject to hydrolysis) is 2. The fourth-order valence-corrected chi connectivity index (χ4v) is 18.2. The largest absolute Gasteiger partial charge is 0.543 e. The predicted octanol–water partition coefficient (Wildman–Crippen LogP) is 12.1. The summed E-state index contributed by atoms with van der Waals surface area (Å²) in [4.78, 5) is 129. The van der Waals surface area contributed by atoms with E-state index in [0.717, 1.165) is 4.90 Å². The number of hydrogen-bond acceptors (Lipinski definition) is 16. The van der Waals surface area contributed by atoms with Crippen LogP contribution >= 0.6 is 0 Å². The van der Waals surface area contributed by atoms with Crippen LogP contribution in [0.25, 0.3) is 6.08 Å². The van der Waals surface area contributed by atoms with Gasteiger partial charge in [0, 0.05) is 31.3 Å². The Morgan fingerprint density at radius 1 is 0.657 bits per heavy atom. The van der Waals surface area contributed by atoms with E-state index < -0.39 is 124 Å². The third-order valence-corrected chi connectivity index (χ3v) is 28.1. The molecule has 0 radical (unpaired) electrons. The third kappa shape index (κ3) is 26.3. The Labute approximate surface area is 604 Å². The lowest BCUT2D eigenvalue weighted by molar-refractivity contribution is -0.148. The molecule has 26 heteroatoms. The number of guanidine groups is 1. The van der Waals surface area contributed by atoms with Crippen LogP contribution in [0.15, 0.2) is 133 Å². The molecule has 4 aromatic rings. The maximum absolute atomic E-state index is 16.0. The van der Waals surface area contributed by atoms with Crippen molar-refractivity contribution >= 4 is 83.0 Å². The molecule has 5 rings (SSSR count). The molecule has 1 fully saturated rings. The molecule has 0 aromatic heterocycles. The van der Waals surface area contributed by atoms with Crippen LogP contribution in [0.4, 0.5) is 14.4 Å². The third-order valence-electron chi connectivity index (χ3n) is 17.7. The Balaban J connectivity index is 1.62. The Hall–Kier alpha value is -9.15. The lowest BCUT2D eigenvalue weighted by Gasteiger charge is -2.42. The van der Waals surface area contributed by atoms with E-state index in [2.05, 4.69) is 73.4 Å². The van der Waals surface area contributed by atoms with Gasteiger partial charge in [-0.2, -0.15) is 0 Å². The second-order valence-electron chi connectivity index (χ2n) is 29.9. The fourth-order valence-electron chi connectivity index (χ4n) is 11.7. The van der Waals surface area contributed by atoms with Crippen LogP contribution in [0.5, 0.6) is 5.75 Å². The highest BCUT2D eigenvalue weighted by Crippen LogP contribution is 2.43. The SMILES string of the molecule is CC(C)[Si](Oc1ccc(/C=C(/C=C/C(=O)OC(C)(C)C)NC(=O)[C@H](Cc2ccccc2)NC(=O)C(O[Si](C)(C)C(C)(C)C)[C@H](CCCN(C(=N)NC(=O)OCc2ccccc2)C(=O)OCc2ccccc2)NC(=O)[C@@H]2CCCN2C(=O)[C@H](CNC(=O)OC(C)(C)C)NC=O)cc1)(C(C)C)C(C)C. The molecule has 7 N–H and O–H groups in total. The maximum atomic E-state index is 16.0. The maximum Gasteiger partial charge on any atom is 0.416 e. The summed E-state index contributed by atoms with van der Waals surface area (Å²) >= 11 is 0. The monoisotopic (exact) mass is 1440 g/mol. The molecule has 24 nitrogen and oxygen atoms in total. The second-order valence-corrected chi connectivity index (χ2v) is 40.0. The average Bonchev–Trinajstić information content (AvgIpc) is 0.830. The van der Waals surface area contributed by atoms with Crippen molar-refractivity contribution in [3.05, 3.63) is 155 Å². The van der Waals surface area contributed by atoms with Gasteiger partial charge in [0.25, 0.3) is 14.2 Å². The highest BCUT2D eigenvalue weighted by Gasteiger charge is 2.48. The number of esters is 1. The molecule has 0 spiro atoms. The predicted molar refractivity (Wildman–Crippen MR) is 397 cm³/mol. The molecule has 0 aliphatic carbocycles.